The molecule has 5 heteroatoms. The van der Waals surface area contributed by atoms with Crippen LogP contribution in [0.25, 0.3) is 0 Å². The van der Waals surface area contributed by atoms with Crippen LogP contribution in [0.2, 0.25) is 0 Å². The molecule has 104 valence electrons. The number of rotatable bonds is 3. The molecule has 0 amide bonds. The molecule has 2 atom stereocenters. The topological polar surface area (TPSA) is 49.3 Å². The quantitative estimate of drug-likeness (QED) is 0.794. The van der Waals surface area contributed by atoms with Crippen molar-refractivity contribution < 1.29 is 9.90 Å². The Morgan fingerprint density at radius 3 is 2.53 bits per heavy atom. The van der Waals surface area contributed by atoms with Crippen LogP contribution in [0.3, 0.4) is 0 Å². The van der Waals surface area contributed by atoms with Gasteiger partial charge < -0.3 is 10.4 Å². The van der Waals surface area contributed by atoms with Gasteiger partial charge in [-0.1, -0.05) is 6.42 Å². The largest absolute Gasteiger partial charge is 0.481 e. The predicted molar refractivity (Wildman–Crippen MR) is 83.6 cm³/mol. The van der Waals surface area contributed by atoms with Gasteiger partial charge in [-0.3, -0.25) is 4.79 Å². The summed E-state index contributed by atoms with van der Waals surface area (Å²) in [7, 11) is 0. The molecule has 1 aliphatic carbocycles. The second-order valence-corrected chi connectivity index (χ2v) is 6.86. The van der Waals surface area contributed by atoms with Gasteiger partial charge in [-0.25, -0.2) is 0 Å². The van der Waals surface area contributed by atoms with Gasteiger partial charge in [0.25, 0.3) is 0 Å². The Kier molecular flexibility index (Phi) is 4.90. The van der Waals surface area contributed by atoms with E-state index in [1.807, 2.05) is 6.92 Å². The number of hydrogen-bond acceptors (Lipinski definition) is 2. The number of carboxylic acids is 1. The Hall–Kier alpha value is -0.550. The van der Waals surface area contributed by atoms with E-state index in [1.54, 1.807) is 0 Å². The molecule has 0 bridgehead atoms. The summed E-state index contributed by atoms with van der Waals surface area (Å²) < 4.78 is 2.02. The zero-order valence-electron chi connectivity index (χ0n) is 10.7. The lowest BCUT2D eigenvalue weighted by Crippen LogP contribution is -2.31. The van der Waals surface area contributed by atoms with E-state index in [0.717, 1.165) is 33.9 Å². The Morgan fingerprint density at radius 2 is 1.95 bits per heavy atom. The van der Waals surface area contributed by atoms with Crippen LogP contribution in [0.15, 0.2) is 21.1 Å². The molecule has 0 radical (unpaired) electrons. The van der Waals surface area contributed by atoms with E-state index in [2.05, 4.69) is 49.3 Å². The second kappa shape index (κ2) is 6.27. The van der Waals surface area contributed by atoms with Crippen LogP contribution >= 0.6 is 31.9 Å². The summed E-state index contributed by atoms with van der Waals surface area (Å²) in [6.45, 7) is 2.04. The van der Waals surface area contributed by atoms with Gasteiger partial charge in [0.05, 0.1) is 11.6 Å². The first-order valence-corrected chi connectivity index (χ1v) is 8.01. The Balaban J connectivity index is 2.11. The van der Waals surface area contributed by atoms with Gasteiger partial charge in [-0.2, -0.15) is 0 Å². The first-order valence-electron chi connectivity index (χ1n) is 6.42. The summed E-state index contributed by atoms with van der Waals surface area (Å²) in [5.74, 6) is -0.886. The zero-order valence-corrected chi connectivity index (χ0v) is 13.9. The molecule has 0 aromatic heterocycles. The molecule has 0 aliphatic heterocycles. The second-order valence-electron chi connectivity index (χ2n) is 5.15. The lowest BCUT2D eigenvalue weighted by molar-refractivity contribution is -0.142. The summed E-state index contributed by atoms with van der Waals surface area (Å²) in [6, 6.07) is 4.35. The number of carbonyl (C=O) groups is 1. The van der Waals surface area contributed by atoms with Gasteiger partial charge >= 0.3 is 5.97 Å². The van der Waals surface area contributed by atoms with Crippen molar-refractivity contribution in [2.24, 2.45) is 5.92 Å². The fourth-order valence-corrected chi connectivity index (χ4v) is 4.23. The highest BCUT2D eigenvalue weighted by Gasteiger charge is 2.27. The fraction of sp³-hybridized carbons (Fsp3) is 0.500. The van der Waals surface area contributed by atoms with Gasteiger partial charge in [0, 0.05) is 15.0 Å². The summed E-state index contributed by atoms with van der Waals surface area (Å²) in [5.41, 5.74) is 2.19. The smallest absolute Gasteiger partial charge is 0.306 e. The van der Waals surface area contributed by atoms with Crippen molar-refractivity contribution in [1.29, 1.82) is 0 Å². The minimum Gasteiger partial charge on any atom is -0.481 e. The lowest BCUT2D eigenvalue weighted by Gasteiger charge is -2.29. The number of aliphatic carboxylic acids is 1. The first kappa shape index (κ1) is 14.9. The van der Waals surface area contributed by atoms with E-state index in [9.17, 15) is 4.79 Å². The van der Waals surface area contributed by atoms with Crippen molar-refractivity contribution in [3.8, 4) is 0 Å². The van der Waals surface area contributed by atoms with Crippen molar-refractivity contribution in [2.75, 3.05) is 5.32 Å². The molecule has 2 rings (SSSR count). The summed E-state index contributed by atoms with van der Waals surface area (Å²) in [6.07, 6.45) is 3.48. The van der Waals surface area contributed by atoms with Crippen LogP contribution in [0.1, 0.15) is 31.2 Å². The highest BCUT2D eigenvalue weighted by molar-refractivity contribution is 9.11. The number of carboxylic acid groups (broad SMARTS) is 1. The molecule has 1 aromatic carbocycles. The van der Waals surface area contributed by atoms with Crippen LogP contribution in [-0.2, 0) is 4.79 Å². The highest BCUT2D eigenvalue weighted by atomic mass is 79.9. The van der Waals surface area contributed by atoms with Crippen molar-refractivity contribution in [1.82, 2.24) is 0 Å². The minimum absolute atomic E-state index is 0.214. The third-order valence-electron chi connectivity index (χ3n) is 3.56. The van der Waals surface area contributed by atoms with E-state index in [1.165, 1.54) is 5.56 Å². The van der Waals surface area contributed by atoms with Crippen LogP contribution in [0, 0.1) is 12.8 Å². The maximum absolute atomic E-state index is 11.1. The lowest BCUT2D eigenvalue weighted by atomic mass is 9.85. The molecular weight excluding hydrogens is 374 g/mol. The molecule has 1 aliphatic rings. The SMILES string of the molecule is Cc1cc(Br)c(NC2CCCC(C(=O)O)C2)c(Br)c1. The third kappa shape index (κ3) is 3.72. The molecule has 1 fully saturated rings. The van der Waals surface area contributed by atoms with E-state index >= 15 is 0 Å². The molecule has 19 heavy (non-hydrogen) atoms. The Bertz CT molecular complexity index is 467. The first-order chi connectivity index (χ1) is 8.97. The van der Waals surface area contributed by atoms with Crippen LogP contribution in [0.4, 0.5) is 5.69 Å². The Labute approximate surface area is 130 Å². The van der Waals surface area contributed by atoms with Crippen LogP contribution < -0.4 is 5.32 Å². The third-order valence-corrected chi connectivity index (χ3v) is 4.81. The molecular formula is C14H17Br2NO2. The van der Waals surface area contributed by atoms with Gasteiger partial charge in [-0.15, -0.1) is 0 Å². The highest BCUT2D eigenvalue weighted by Crippen LogP contribution is 2.35. The molecule has 0 heterocycles. The predicted octanol–water partition coefficient (Wildman–Crippen LogP) is 4.58. The van der Waals surface area contributed by atoms with Crippen LogP contribution in [-0.4, -0.2) is 17.1 Å². The summed E-state index contributed by atoms with van der Waals surface area (Å²) in [4.78, 5) is 11.1. The number of halogens is 2. The van der Waals surface area contributed by atoms with Gasteiger partial charge in [0.1, 0.15) is 0 Å². The van der Waals surface area contributed by atoms with E-state index in [4.69, 9.17) is 5.11 Å². The zero-order chi connectivity index (χ0) is 14.0. The average molecular weight is 391 g/mol. The van der Waals surface area contributed by atoms with Crippen molar-refractivity contribution in [3.05, 3.63) is 26.6 Å². The molecule has 1 saturated carbocycles. The standard InChI is InChI=1S/C14H17Br2NO2/c1-8-5-11(15)13(12(16)6-8)17-10-4-2-3-9(7-10)14(18)19/h5-6,9-10,17H,2-4,7H2,1H3,(H,18,19). The molecule has 1 aromatic rings. The van der Waals surface area contributed by atoms with Gasteiger partial charge in [0.2, 0.25) is 0 Å². The van der Waals surface area contributed by atoms with Gasteiger partial charge in [0.15, 0.2) is 0 Å². The van der Waals surface area contributed by atoms with Crippen LogP contribution in [0.5, 0.6) is 0 Å². The van der Waals surface area contributed by atoms with E-state index < -0.39 is 5.97 Å². The summed E-state index contributed by atoms with van der Waals surface area (Å²) >= 11 is 7.12. The van der Waals surface area contributed by atoms with E-state index in [-0.39, 0.29) is 12.0 Å². The monoisotopic (exact) mass is 389 g/mol. The number of aryl methyl sites for hydroxylation is 1. The number of benzene rings is 1. The van der Waals surface area contributed by atoms with Gasteiger partial charge in [-0.05, 0) is 75.7 Å². The fourth-order valence-electron chi connectivity index (χ4n) is 2.59. The van der Waals surface area contributed by atoms with E-state index in [0.29, 0.717) is 6.42 Å². The molecule has 3 nitrogen and oxygen atoms in total. The molecule has 0 spiro atoms. The number of nitrogens with one attached hydrogen (secondary N) is 1. The average Bonchev–Trinajstić information content (AvgIpc) is 2.34. The molecule has 0 saturated heterocycles. The number of anilines is 1. The van der Waals surface area contributed by atoms with Crippen molar-refractivity contribution >= 4 is 43.5 Å². The molecule has 2 unspecified atom stereocenters. The Morgan fingerprint density at radius 1 is 1.32 bits per heavy atom. The minimum atomic E-state index is -0.673. The maximum atomic E-state index is 11.1. The van der Waals surface area contributed by atoms with Crippen molar-refractivity contribution in [2.45, 2.75) is 38.6 Å². The van der Waals surface area contributed by atoms with Crippen molar-refractivity contribution in [3.63, 3.8) is 0 Å². The normalized spacial score (nSPS) is 23.1. The summed E-state index contributed by atoms with van der Waals surface area (Å²) in [5, 5.41) is 12.6. The number of hydrogen-bond donors (Lipinski definition) is 2. The molecule has 2 N–H and O–H groups in total. The maximum Gasteiger partial charge on any atom is 0.306 e.